The van der Waals surface area contributed by atoms with Gasteiger partial charge < -0.3 is 29.6 Å². The minimum atomic E-state index is -0.622. The molecule has 3 N–H and O–H groups in total. The number of benzene rings is 1. The van der Waals surface area contributed by atoms with Crippen molar-refractivity contribution in [1.82, 2.24) is 24.0 Å². The molecule has 204 valence electrons. The van der Waals surface area contributed by atoms with Crippen molar-refractivity contribution in [3.8, 4) is 17.3 Å². The lowest BCUT2D eigenvalue weighted by molar-refractivity contribution is -0.0613. The van der Waals surface area contributed by atoms with Gasteiger partial charge in [0, 0.05) is 48.9 Å². The number of piperidine rings is 1. The highest BCUT2D eigenvalue weighted by Crippen LogP contribution is 2.42. The number of carbonyl (C=O) groups excluding carboxylic acids is 1. The van der Waals surface area contributed by atoms with E-state index in [1.54, 1.807) is 7.11 Å². The molecule has 2 saturated carbocycles. The molecular weight excluding hydrogens is 492 g/mol. The maximum atomic E-state index is 13.7. The molecule has 39 heavy (non-hydrogen) atoms. The number of likely N-dealkylation sites (tertiary alicyclic amines) is 1. The van der Waals surface area contributed by atoms with Gasteiger partial charge in [0.05, 0.1) is 23.9 Å². The van der Waals surface area contributed by atoms with Gasteiger partial charge in [0.1, 0.15) is 16.9 Å². The Balaban J connectivity index is 1.38. The number of aryl methyl sites for hydroxylation is 1. The molecular formula is C30H36N6O3. The lowest BCUT2D eigenvalue weighted by atomic mass is 9.72. The van der Waals surface area contributed by atoms with Crippen LogP contribution in [0.25, 0.3) is 33.6 Å². The third-order valence-electron chi connectivity index (χ3n) is 9.29. The first-order valence-electron chi connectivity index (χ1n) is 14.1. The number of rotatable bonds is 6. The number of fused-ring (bicyclic) bond motifs is 4. The number of amides is 1. The molecule has 2 bridgehead atoms. The summed E-state index contributed by atoms with van der Waals surface area (Å²) in [6.45, 7) is 6.17. The number of hydrogen-bond acceptors (Lipinski definition) is 6. The molecule has 3 aliphatic rings. The molecule has 9 nitrogen and oxygen atoms in total. The summed E-state index contributed by atoms with van der Waals surface area (Å²) in [6.07, 6.45) is 5.36. The van der Waals surface area contributed by atoms with Crippen molar-refractivity contribution in [3.05, 3.63) is 42.1 Å². The molecule has 9 heteroatoms. The quantitative estimate of drug-likeness (QED) is 0.394. The van der Waals surface area contributed by atoms with Crippen LogP contribution < -0.4 is 10.5 Å². The van der Waals surface area contributed by atoms with E-state index in [2.05, 4.69) is 33.2 Å². The number of imidazole rings is 1. The molecule has 7 rings (SSSR count). The monoisotopic (exact) mass is 528 g/mol. The number of methoxy groups -OCH3 is 1. The van der Waals surface area contributed by atoms with Crippen molar-refractivity contribution < 1.29 is 14.6 Å². The summed E-state index contributed by atoms with van der Waals surface area (Å²) in [5, 5.41) is 11.5. The normalized spacial score (nSPS) is 28.0. The van der Waals surface area contributed by atoms with Crippen molar-refractivity contribution in [2.24, 2.45) is 17.6 Å². The second-order valence-corrected chi connectivity index (χ2v) is 12.0. The Labute approximate surface area is 227 Å². The smallest absolute Gasteiger partial charge is 0.254 e. The van der Waals surface area contributed by atoms with E-state index < -0.39 is 5.60 Å². The molecule has 3 atom stereocenters. The predicted octanol–water partition coefficient (Wildman–Crippen LogP) is 3.80. The van der Waals surface area contributed by atoms with Crippen LogP contribution in [0, 0.1) is 11.8 Å². The van der Waals surface area contributed by atoms with Crippen LogP contribution in [0.15, 0.2) is 36.5 Å². The summed E-state index contributed by atoms with van der Waals surface area (Å²) in [6, 6.07) is 10.1. The molecule has 1 amide bonds. The van der Waals surface area contributed by atoms with E-state index in [1.807, 2.05) is 36.2 Å². The summed E-state index contributed by atoms with van der Waals surface area (Å²) < 4.78 is 10.3. The predicted molar refractivity (Wildman–Crippen MR) is 150 cm³/mol. The van der Waals surface area contributed by atoms with Crippen molar-refractivity contribution in [2.75, 3.05) is 13.7 Å². The molecule has 3 aromatic heterocycles. The molecule has 1 aliphatic heterocycles. The fourth-order valence-electron chi connectivity index (χ4n) is 7.49. The van der Waals surface area contributed by atoms with Crippen LogP contribution in [0.3, 0.4) is 0 Å². The van der Waals surface area contributed by atoms with Crippen LogP contribution in [0.1, 0.15) is 49.9 Å². The van der Waals surface area contributed by atoms with Gasteiger partial charge in [-0.2, -0.15) is 0 Å². The number of aliphatic hydroxyl groups is 1. The molecule has 0 spiro atoms. The minimum absolute atomic E-state index is 0.00383. The summed E-state index contributed by atoms with van der Waals surface area (Å²) in [4.78, 5) is 25.5. The van der Waals surface area contributed by atoms with Crippen molar-refractivity contribution in [2.45, 2.75) is 70.3 Å². The lowest BCUT2D eigenvalue weighted by Gasteiger charge is -2.41. The van der Waals surface area contributed by atoms with Gasteiger partial charge in [-0.25, -0.2) is 9.97 Å². The standard InChI is InChI=1S/C30H36N6O3/c1-4-34-23(11-18-6-5-9-32-27(18)34)28-33-21-10-20(29(37)35-16-19-7-8-22(35)25(19)31)12-24(39-3)26(21)36(28)15-17-13-30(2,38)14-17/h5-6,9-12,17,19,22,25,38H,4,7-8,13-16,31H2,1-3H3/t17-,19-,22-,25-,30+/m1/s1. The van der Waals surface area contributed by atoms with Crippen molar-refractivity contribution in [1.29, 1.82) is 0 Å². The number of pyridine rings is 1. The largest absolute Gasteiger partial charge is 0.494 e. The van der Waals surface area contributed by atoms with Gasteiger partial charge in [-0.3, -0.25) is 4.79 Å². The van der Waals surface area contributed by atoms with E-state index in [0.29, 0.717) is 29.7 Å². The zero-order valence-electron chi connectivity index (χ0n) is 22.8. The number of ether oxygens (including phenoxy) is 1. The van der Waals surface area contributed by atoms with Crippen molar-refractivity contribution >= 4 is 28.0 Å². The Morgan fingerprint density at radius 1 is 1.23 bits per heavy atom. The Hall–Kier alpha value is -3.43. The second kappa shape index (κ2) is 8.79. The van der Waals surface area contributed by atoms with Gasteiger partial charge in [-0.1, -0.05) is 0 Å². The minimum Gasteiger partial charge on any atom is -0.494 e. The Morgan fingerprint density at radius 2 is 2.05 bits per heavy atom. The molecule has 4 aromatic rings. The number of hydrogen-bond donors (Lipinski definition) is 2. The van der Waals surface area contributed by atoms with Crippen LogP contribution in [0.4, 0.5) is 0 Å². The Kier molecular flexibility index (Phi) is 5.55. The summed E-state index contributed by atoms with van der Waals surface area (Å²) in [5.41, 5.74) is 9.87. The van der Waals surface area contributed by atoms with Crippen LogP contribution in [0.5, 0.6) is 5.75 Å². The van der Waals surface area contributed by atoms with E-state index in [4.69, 9.17) is 15.5 Å². The average Bonchev–Trinajstić information content (AvgIpc) is 3.66. The molecule has 1 saturated heterocycles. The zero-order valence-corrected chi connectivity index (χ0v) is 22.8. The highest BCUT2D eigenvalue weighted by atomic mass is 16.5. The first-order chi connectivity index (χ1) is 18.8. The number of nitrogens with two attached hydrogens (primary N) is 1. The Morgan fingerprint density at radius 3 is 2.72 bits per heavy atom. The SMILES string of the molecule is CCn1c(-c2nc3cc(C(=O)N4C[C@H]5CC[C@@H]4[C@@H]5N)cc(OC)c3n2C[C@H]2C[C@@](C)(O)C2)cc2cccnc21. The van der Waals surface area contributed by atoms with Gasteiger partial charge in [0.25, 0.3) is 5.91 Å². The summed E-state index contributed by atoms with van der Waals surface area (Å²) in [5.74, 6) is 2.16. The first-order valence-corrected chi connectivity index (χ1v) is 14.1. The summed E-state index contributed by atoms with van der Waals surface area (Å²) >= 11 is 0. The number of carbonyl (C=O) groups is 1. The fraction of sp³-hybridized carbons (Fsp3) is 0.500. The van der Waals surface area contributed by atoms with Gasteiger partial charge in [0.15, 0.2) is 5.82 Å². The maximum Gasteiger partial charge on any atom is 0.254 e. The molecule has 1 aromatic carbocycles. The fourth-order valence-corrected chi connectivity index (χ4v) is 7.49. The van der Waals surface area contributed by atoms with E-state index in [0.717, 1.165) is 72.4 Å². The molecule has 0 unspecified atom stereocenters. The van der Waals surface area contributed by atoms with Gasteiger partial charge >= 0.3 is 0 Å². The van der Waals surface area contributed by atoms with E-state index in [-0.39, 0.29) is 18.0 Å². The zero-order chi connectivity index (χ0) is 27.1. The first kappa shape index (κ1) is 24.6. The van der Waals surface area contributed by atoms with Crippen LogP contribution in [0.2, 0.25) is 0 Å². The highest BCUT2D eigenvalue weighted by Gasteiger charge is 2.47. The van der Waals surface area contributed by atoms with Crippen molar-refractivity contribution in [3.63, 3.8) is 0 Å². The topological polar surface area (TPSA) is 111 Å². The average molecular weight is 529 g/mol. The van der Waals surface area contributed by atoms with Gasteiger partial charge in [-0.05, 0) is 81.7 Å². The molecule has 0 radical (unpaired) electrons. The van der Waals surface area contributed by atoms with Gasteiger partial charge in [0.2, 0.25) is 0 Å². The van der Waals surface area contributed by atoms with E-state index in [1.165, 1.54) is 0 Å². The van der Waals surface area contributed by atoms with Crippen LogP contribution in [-0.2, 0) is 13.1 Å². The van der Waals surface area contributed by atoms with Crippen LogP contribution >= 0.6 is 0 Å². The van der Waals surface area contributed by atoms with E-state index >= 15 is 0 Å². The number of aromatic nitrogens is 4. The molecule has 4 heterocycles. The lowest BCUT2D eigenvalue weighted by Crippen LogP contribution is -2.42. The Bertz CT molecular complexity index is 1600. The van der Waals surface area contributed by atoms with E-state index in [9.17, 15) is 9.90 Å². The second-order valence-electron chi connectivity index (χ2n) is 12.0. The number of nitrogens with zero attached hydrogens (tertiary/aromatic N) is 5. The molecule has 3 fully saturated rings. The third kappa shape index (κ3) is 3.77. The third-order valence-corrected chi connectivity index (χ3v) is 9.29. The maximum absolute atomic E-state index is 13.7. The van der Waals surface area contributed by atoms with Gasteiger partial charge in [-0.15, -0.1) is 0 Å². The summed E-state index contributed by atoms with van der Waals surface area (Å²) in [7, 11) is 1.65. The van der Waals surface area contributed by atoms with Crippen LogP contribution in [-0.4, -0.2) is 66.4 Å². The molecule has 2 aliphatic carbocycles. The highest BCUT2D eigenvalue weighted by molar-refractivity contribution is 6.00.